The van der Waals surface area contributed by atoms with Crippen molar-refractivity contribution in [2.75, 3.05) is 0 Å². The molecular formula is C4H5NO3S. The lowest BCUT2D eigenvalue weighted by atomic mass is 10.6. The highest BCUT2D eigenvalue weighted by Gasteiger charge is 2.12. The molecule has 9 heavy (non-hydrogen) atoms. The van der Waals surface area contributed by atoms with Crippen LogP contribution in [0.1, 0.15) is 0 Å². The standard InChI is InChI=1S/C4H5NO3S/c6-5-3-1-2-4-9(5,7)8/h1-4,6H. The minimum Gasteiger partial charge on any atom is -0.274 e. The Balaban J connectivity index is 3.06. The van der Waals surface area contributed by atoms with Crippen molar-refractivity contribution in [3.63, 3.8) is 0 Å². The normalized spacial score (nSPS) is 22.6. The van der Waals surface area contributed by atoms with Crippen molar-refractivity contribution in [3.8, 4) is 0 Å². The van der Waals surface area contributed by atoms with Crippen LogP contribution in [0.2, 0.25) is 0 Å². The zero-order valence-electron chi connectivity index (χ0n) is 4.43. The van der Waals surface area contributed by atoms with Crippen molar-refractivity contribution in [2.24, 2.45) is 0 Å². The summed E-state index contributed by atoms with van der Waals surface area (Å²) in [5, 5.41) is 9.45. The Morgan fingerprint density at radius 3 is 2.33 bits per heavy atom. The molecule has 0 saturated carbocycles. The summed E-state index contributed by atoms with van der Waals surface area (Å²) in [4.78, 5) is 0. The highest BCUT2D eigenvalue weighted by molar-refractivity contribution is 7.92. The molecule has 0 aromatic carbocycles. The molecule has 0 unspecified atom stereocenters. The monoisotopic (exact) mass is 147 g/mol. The van der Waals surface area contributed by atoms with E-state index in [0.717, 1.165) is 11.6 Å². The van der Waals surface area contributed by atoms with Gasteiger partial charge < -0.3 is 0 Å². The van der Waals surface area contributed by atoms with Gasteiger partial charge in [0.05, 0.1) is 5.41 Å². The van der Waals surface area contributed by atoms with Gasteiger partial charge in [-0.1, -0.05) is 0 Å². The molecule has 1 N–H and O–H groups in total. The molecule has 0 aromatic rings. The second kappa shape index (κ2) is 1.85. The van der Waals surface area contributed by atoms with E-state index in [1.54, 1.807) is 0 Å². The first-order chi connectivity index (χ1) is 4.13. The third kappa shape index (κ3) is 1.11. The summed E-state index contributed by atoms with van der Waals surface area (Å²) >= 11 is 0. The third-order valence-electron chi connectivity index (χ3n) is 0.836. The van der Waals surface area contributed by atoms with Gasteiger partial charge in [-0.25, -0.2) is 0 Å². The van der Waals surface area contributed by atoms with Crippen LogP contribution in [0.15, 0.2) is 23.8 Å². The molecule has 0 bridgehead atoms. The molecule has 0 amide bonds. The van der Waals surface area contributed by atoms with Gasteiger partial charge in [0.2, 0.25) is 0 Å². The number of rotatable bonds is 0. The van der Waals surface area contributed by atoms with Gasteiger partial charge in [-0.05, 0) is 12.2 Å². The predicted octanol–water partition coefficient (Wildman–Crippen LogP) is 0.0484. The number of nitrogens with zero attached hydrogens (tertiary/aromatic N) is 1. The maximum Gasteiger partial charge on any atom is 0.279 e. The Labute approximate surface area is 52.7 Å². The van der Waals surface area contributed by atoms with E-state index in [2.05, 4.69) is 0 Å². The molecule has 1 rings (SSSR count). The minimum atomic E-state index is -3.54. The summed E-state index contributed by atoms with van der Waals surface area (Å²) < 4.78 is 21.2. The number of allylic oxidation sites excluding steroid dienone is 2. The maximum absolute atomic E-state index is 10.5. The lowest BCUT2D eigenvalue weighted by Crippen LogP contribution is -2.20. The molecule has 0 fully saturated rings. The Morgan fingerprint density at radius 1 is 1.33 bits per heavy atom. The average Bonchev–Trinajstić information content (AvgIpc) is 1.77. The fourth-order valence-corrected chi connectivity index (χ4v) is 1.07. The highest BCUT2D eigenvalue weighted by Crippen LogP contribution is 2.04. The van der Waals surface area contributed by atoms with E-state index in [9.17, 15) is 8.42 Å². The smallest absolute Gasteiger partial charge is 0.274 e. The fraction of sp³-hybridized carbons (Fsp3) is 0. The van der Waals surface area contributed by atoms with E-state index in [-0.39, 0.29) is 4.47 Å². The molecule has 1 aliphatic heterocycles. The van der Waals surface area contributed by atoms with Gasteiger partial charge in [0.25, 0.3) is 10.0 Å². The van der Waals surface area contributed by atoms with Gasteiger partial charge in [-0.2, -0.15) is 12.9 Å². The van der Waals surface area contributed by atoms with E-state index in [1.807, 2.05) is 0 Å². The predicted molar refractivity (Wildman–Crippen MR) is 30.8 cm³/mol. The van der Waals surface area contributed by atoms with Crippen LogP contribution in [0, 0.1) is 0 Å². The molecule has 0 aliphatic carbocycles. The summed E-state index contributed by atoms with van der Waals surface area (Å²) in [5.41, 5.74) is 0. The maximum atomic E-state index is 10.5. The van der Waals surface area contributed by atoms with E-state index >= 15 is 0 Å². The lowest BCUT2D eigenvalue weighted by Gasteiger charge is -2.10. The van der Waals surface area contributed by atoms with Gasteiger partial charge in [0.1, 0.15) is 0 Å². The van der Waals surface area contributed by atoms with Crippen LogP contribution in [-0.4, -0.2) is 18.1 Å². The molecule has 0 radical (unpaired) electrons. The van der Waals surface area contributed by atoms with Crippen LogP contribution in [0.5, 0.6) is 0 Å². The second-order valence-corrected chi connectivity index (χ2v) is 3.16. The first-order valence-corrected chi connectivity index (χ1v) is 3.71. The highest BCUT2D eigenvalue weighted by atomic mass is 32.2. The Kier molecular flexibility index (Phi) is 1.30. The molecule has 1 aliphatic rings. The zero-order chi connectivity index (χ0) is 6.91. The van der Waals surface area contributed by atoms with Crippen LogP contribution in [0.3, 0.4) is 0 Å². The van der Waals surface area contributed by atoms with Crippen molar-refractivity contribution in [3.05, 3.63) is 23.8 Å². The van der Waals surface area contributed by atoms with Gasteiger partial charge >= 0.3 is 0 Å². The summed E-state index contributed by atoms with van der Waals surface area (Å²) in [7, 11) is -3.54. The molecule has 0 saturated heterocycles. The number of hydrogen-bond donors (Lipinski definition) is 1. The van der Waals surface area contributed by atoms with Crippen molar-refractivity contribution in [1.29, 1.82) is 0 Å². The van der Waals surface area contributed by atoms with E-state index in [0.29, 0.717) is 0 Å². The van der Waals surface area contributed by atoms with Crippen LogP contribution in [-0.2, 0) is 10.0 Å². The summed E-state index contributed by atoms with van der Waals surface area (Å²) in [6.45, 7) is 0. The Bertz CT molecular complexity index is 251. The number of hydrogen-bond acceptors (Lipinski definition) is 3. The van der Waals surface area contributed by atoms with E-state index in [4.69, 9.17) is 5.21 Å². The first-order valence-electron chi connectivity index (χ1n) is 2.21. The van der Waals surface area contributed by atoms with Crippen molar-refractivity contribution >= 4 is 10.0 Å². The Hall–Kier alpha value is -0.810. The number of sulfonamides is 1. The van der Waals surface area contributed by atoms with E-state index < -0.39 is 10.0 Å². The van der Waals surface area contributed by atoms with Crippen LogP contribution in [0.4, 0.5) is 0 Å². The van der Waals surface area contributed by atoms with Crippen molar-refractivity contribution in [1.82, 2.24) is 4.47 Å². The van der Waals surface area contributed by atoms with Gasteiger partial charge in [-0.15, -0.1) is 0 Å². The van der Waals surface area contributed by atoms with Crippen LogP contribution < -0.4 is 0 Å². The van der Waals surface area contributed by atoms with Gasteiger partial charge in [0, 0.05) is 6.20 Å². The minimum absolute atomic E-state index is 0.160. The molecule has 50 valence electrons. The van der Waals surface area contributed by atoms with Crippen LogP contribution in [0.25, 0.3) is 0 Å². The summed E-state index contributed by atoms with van der Waals surface area (Å²) in [5.74, 6) is 0. The fourth-order valence-electron chi connectivity index (χ4n) is 0.415. The molecule has 0 atom stereocenters. The molecule has 1 heterocycles. The summed E-state index contributed by atoms with van der Waals surface area (Å²) in [6, 6.07) is 0. The van der Waals surface area contributed by atoms with Crippen LogP contribution >= 0.6 is 0 Å². The van der Waals surface area contributed by atoms with E-state index in [1.165, 1.54) is 12.2 Å². The second-order valence-electron chi connectivity index (χ2n) is 1.49. The largest absolute Gasteiger partial charge is 0.279 e. The quantitative estimate of drug-likeness (QED) is 0.526. The summed E-state index contributed by atoms with van der Waals surface area (Å²) in [6.07, 6.45) is 3.80. The van der Waals surface area contributed by atoms with Crippen molar-refractivity contribution < 1.29 is 13.6 Å². The first kappa shape index (κ1) is 6.31. The molecule has 5 heteroatoms. The third-order valence-corrected chi connectivity index (χ3v) is 1.98. The molecule has 0 spiro atoms. The molecule has 0 aromatic heterocycles. The topological polar surface area (TPSA) is 57.6 Å². The Morgan fingerprint density at radius 2 is 2.00 bits per heavy atom. The SMILES string of the molecule is O=S1(=O)C=CC=CN1O. The van der Waals surface area contributed by atoms with Gasteiger partial charge in [-0.3, -0.25) is 5.21 Å². The number of hydroxylamine groups is 1. The van der Waals surface area contributed by atoms with Gasteiger partial charge in [0.15, 0.2) is 0 Å². The zero-order valence-corrected chi connectivity index (χ0v) is 5.25. The van der Waals surface area contributed by atoms with Crippen molar-refractivity contribution in [2.45, 2.75) is 0 Å². The average molecular weight is 147 g/mol. The lowest BCUT2D eigenvalue weighted by molar-refractivity contribution is 0.0556. The molecular weight excluding hydrogens is 142 g/mol. The molecule has 4 nitrogen and oxygen atoms in total.